The van der Waals surface area contributed by atoms with Crippen LogP contribution in [0.4, 0.5) is 10.7 Å². The lowest BCUT2D eigenvalue weighted by atomic mass is 9.72. The van der Waals surface area contributed by atoms with E-state index in [1.165, 1.54) is 43.4 Å². The summed E-state index contributed by atoms with van der Waals surface area (Å²) >= 11 is 2.74. The van der Waals surface area contributed by atoms with E-state index < -0.39 is 17.8 Å². The van der Waals surface area contributed by atoms with Gasteiger partial charge in [0, 0.05) is 32.7 Å². The summed E-state index contributed by atoms with van der Waals surface area (Å²) in [6, 6.07) is 20.8. The largest absolute Gasteiger partial charge is 0.497 e. The Morgan fingerprint density at radius 1 is 0.923 bits per heavy atom. The fraction of sp³-hybridized carbons (Fsp3) is 0.300. The smallest absolute Gasteiger partial charge is 0.341 e. The third-order valence-electron chi connectivity index (χ3n) is 8.86. The number of rotatable bonds is 12. The first kappa shape index (κ1) is 38.2. The number of methoxy groups -OCH3 is 3. The lowest BCUT2D eigenvalue weighted by Gasteiger charge is -2.33. The van der Waals surface area contributed by atoms with Crippen molar-refractivity contribution in [2.45, 2.75) is 44.9 Å². The van der Waals surface area contributed by atoms with Gasteiger partial charge in [-0.1, -0.05) is 45.0 Å². The normalized spacial score (nSPS) is 14.1. The van der Waals surface area contributed by atoms with E-state index in [-0.39, 0.29) is 22.8 Å². The molecule has 1 heterocycles. The topological polar surface area (TPSA) is 132 Å². The molecule has 272 valence electrons. The molecule has 0 radical (unpaired) electrons. The van der Waals surface area contributed by atoms with Crippen LogP contribution in [-0.4, -0.2) is 50.8 Å². The first-order valence-electron chi connectivity index (χ1n) is 16.8. The van der Waals surface area contributed by atoms with E-state index in [4.69, 9.17) is 14.2 Å². The summed E-state index contributed by atoms with van der Waals surface area (Å²) in [4.78, 5) is 54.7. The molecule has 3 aromatic carbocycles. The fourth-order valence-electron chi connectivity index (χ4n) is 5.94. The van der Waals surface area contributed by atoms with Gasteiger partial charge < -0.3 is 30.2 Å². The van der Waals surface area contributed by atoms with Crippen molar-refractivity contribution < 1.29 is 33.4 Å². The molecule has 4 aromatic rings. The molecule has 3 amide bonds. The van der Waals surface area contributed by atoms with Crippen molar-refractivity contribution in [3.63, 3.8) is 0 Å². The molecular formula is C40H43N3O7S2. The predicted molar refractivity (Wildman–Crippen MR) is 206 cm³/mol. The Labute approximate surface area is 312 Å². The van der Waals surface area contributed by atoms with Gasteiger partial charge in [-0.05, 0) is 84.7 Å². The number of thiophene rings is 1. The lowest BCUT2D eigenvalue weighted by Crippen LogP contribution is -2.30. The summed E-state index contributed by atoms with van der Waals surface area (Å²) in [7, 11) is 4.40. The van der Waals surface area contributed by atoms with Crippen molar-refractivity contribution in [2.75, 3.05) is 37.7 Å². The Balaban J connectivity index is 1.30. The number of carbonyl (C=O) groups is 4. The number of fused-ring (bicyclic) bond motifs is 1. The second-order valence-corrected chi connectivity index (χ2v) is 15.5. The van der Waals surface area contributed by atoms with Crippen molar-refractivity contribution in [1.82, 2.24) is 5.32 Å². The molecular weight excluding hydrogens is 699 g/mol. The van der Waals surface area contributed by atoms with Gasteiger partial charge in [0.15, 0.2) is 0 Å². The molecule has 0 bridgehead atoms. The van der Waals surface area contributed by atoms with E-state index in [9.17, 15) is 19.2 Å². The molecule has 3 N–H and O–H groups in total. The maximum atomic E-state index is 13.7. The van der Waals surface area contributed by atoms with Crippen LogP contribution in [0.1, 0.15) is 63.9 Å². The van der Waals surface area contributed by atoms with Gasteiger partial charge in [-0.15, -0.1) is 23.1 Å². The van der Waals surface area contributed by atoms with Crippen LogP contribution in [0, 0.1) is 11.3 Å². The van der Waals surface area contributed by atoms with Crippen molar-refractivity contribution in [3.05, 3.63) is 106 Å². The van der Waals surface area contributed by atoms with Crippen LogP contribution in [-0.2, 0) is 27.2 Å². The number of hydrogen-bond donors (Lipinski definition) is 3. The second kappa shape index (κ2) is 17.0. The van der Waals surface area contributed by atoms with Crippen LogP contribution in [0.3, 0.4) is 0 Å². The number of esters is 1. The quantitative estimate of drug-likeness (QED) is 0.0761. The Morgan fingerprint density at radius 3 is 2.38 bits per heavy atom. The number of hydrogen-bond acceptors (Lipinski definition) is 9. The van der Waals surface area contributed by atoms with Gasteiger partial charge in [0.25, 0.3) is 11.8 Å². The molecule has 0 saturated carbocycles. The molecule has 5 rings (SSSR count). The van der Waals surface area contributed by atoms with E-state index in [1.54, 1.807) is 73.8 Å². The summed E-state index contributed by atoms with van der Waals surface area (Å²) in [5.41, 5.74) is 2.95. The number of nitrogens with one attached hydrogen (secondary N) is 3. The fourth-order valence-corrected chi connectivity index (χ4v) is 8.03. The van der Waals surface area contributed by atoms with Gasteiger partial charge in [-0.3, -0.25) is 14.4 Å². The minimum absolute atomic E-state index is 0.0105. The molecule has 1 aliphatic rings. The van der Waals surface area contributed by atoms with Gasteiger partial charge in [-0.2, -0.15) is 0 Å². The van der Waals surface area contributed by atoms with Crippen LogP contribution in [0.5, 0.6) is 11.5 Å². The van der Waals surface area contributed by atoms with Crippen LogP contribution in [0.25, 0.3) is 6.08 Å². The molecule has 0 spiro atoms. The summed E-state index contributed by atoms with van der Waals surface area (Å²) in [5.74, 6) is -0.160. The van der Waals surface area contributed by atoms with Crippen LogP contribution in [0.15, 0.2) is 83.4 Å². The Bertz CT molecular complexity index is 1980. The monoisotopic (exact) mass is 741 g/mol. The molecule has 1 atom stereocenters. The minimum atomic E-state index is -0.562. The molecule has 0 fully saturated rings. The highest BCUT2D eigenvalue weighted by Crippen LogP contribution is 2.44. The van der Waals surface area contributed by atoms with Crippen LogP contribution < -0.4 is 25.4 Å². The highest BCUT2D eigenvalue weighted by atomic mass is 32.2. The standard InChI is InChI=1S/C40H43N3O7S2/c1-40(2,3)26-16-18-30-33(20-26)52-38(35(30)39(47)50-6)43-34(44)23-51-29-14-10-13-27(21-29)41-37(46)31(42-36(45)24-11-8-7-9-12-24)19-25-15-17-28(48-4)22-32(25)49-5/h7-15,17,19,21-22,26H,16,18,20,23H2,1-6H3,(H,41,46)(H,42,45)(H,43,44)/b31-19+. The number of amides is 3. The Hall–Kier alpha value is -5.07. The third kappa shape index (κ3) is 9.42. The lowest BCUT2D eigenvalue weighted by molar-refractivity contribution is -0.114. The minimum Gasteiger partial charge on any atom is -0.497 e. The first-order chi connectivity index (χ1) is 24.9. The van der Waals surface area contributed by atoms with Gasteiger partial charge in [0.1, 0.15) is 22.2 Å². The Kier molecular flexibility index (Phi) is 12.5. The molecule has 1 unspecified atom stereocenters. The average molecular weight is 742 g/mol. The van der Waals surface area contributed by atoms with E-state index in [1.807, 2.05) is 6.07 Å². The Morgan fingerprint density at radius 2 is 1.69 bits per heavy atom. The predicted octanol–water partition coefficient (Wildman–Crippen LogP) is 7.84. The number of thioether (sulfide) groups is 1. The zero-order valence-electron chi connectivity index (χ0n) is 30.1. The highest BCUT2D eigenvalue weighted by Gasteiger charge is 2.34. The molecule has 52 heavy (non-hydrogen) atoms. The molecule has 10 nitrogen and oxygen atoms in total. The maximum absolute atomic E-state index is 13.7. The second-order valence-electron chi connectivity index (χ2n) is 13.3. The molecule has 0 aliphatic heterocycles. The van der Waals surface area contributed by atoms with Crippen molar-refractivity contribution in [1.29, 1.82) is 0 Å². The summed E-state index contributed by atoms with van der Waals surface area (Å²) in [6.07, 6.45) is 4.13. The maximum Gasteiger partial charge on any atom is 0.341 e. The number of anilines is 2. The number of benzene rings is 3. The number of carbonyl (C=O) groups excluding carboxylic acids is 4. The van der Waals surface area contributed by atoms with Crippen LogP contribution >= 0.6 is 23.1 Å². The zero-order valence-corrected chi connectivity index (χ0v) is 31.7. The summed E-state index contributed by atoms with van der Waals surface area (Å²) in [5, 5.41) is 9.08. The molecule has 12 heteroatoms. The summed E-state index contributed by atoms with van der Waals surface area (Å²) < 4.78 is 15.9. The van der Waals surface area contributed by atoms with Crippen molar-refractivity contribution in [2.24, 2.45) is 11.3 Å². The first-order valence-corrected chi connectivity index (χ1v) is 18.6. The zero-order chi connectivity index (χ0) is 37.4. The molecule has 1 aliphatic carbocycles. The van der Waals surface area contributed by atoms with E-state index >= 15 is 0 Å². The SMILES string of the molecule is COC(=O)c1c(NC(=O)CSc2cccc(NC(=O)/C(=C\c3ccc(OC)cc3OC)NC(=O)c3ccccc3)c2)sc2c1CCC(C(C)(C)C)C2. The number of ether oxygens (including phenoxy) is 3. The van der Waals surface area contributed by atoms with E-state index in [0.29, 0.717) is 44.8 Å². The van der Waals surface area contributed by atoms with Gasteiger partial charge in [-0.25, -0.2) is 4.79 Å². The molecule has 0 saturated heterocycles. The van der Waals surface area contributed by atoms with Crippen molar-refractivity contribution >= 4 is 63.6 Å². The van der Waals surface area contributed by atoms with Crippen molar-refractivity contribution in [3.8, 4) is 11.5 Å². The van der Waals surface area contributed by atoms with E-state index in [0.717, 1.165) is 34.6 Å². The molecule has 1 aromatic heterocycles. The summed E-state index contributed by atoms with van der Waals surface area (Å²) in [6.45, 7) is 6.70. The average Bonchev–Trinajstić information content (AvgIpc) is 3.50. The van der Waals surface area contributed by atoms with Gasteiger partial charge >= 0.3 is 5.97 Å². The highest BCUT2D eigenvalue weighted by molar-refractivity contribution is 8.00. The van der Waals surface area contributed by atoms with Gasteiger partial charge in [0.05, 0.1) is 32.6 Å². The third-order valence-corrected chi connectivity index (χ3v) is 11.0. The van der Waals surface area contributed by atoms with E-state index in [2.05, 4.69) is 36.7 Å². The van der Waals surface area contributed by atoms with Gasteiger partial charge in [0.2, 0.25) is 5.91 Å². The van der Waals surface area contributed by atoms with Crippen LogP contribution in [0.2, 0.25) is 0 Å².